The van der Waals surface area contributed by atoms with Crippen LogP contribution < -0.4 is 5.73 Å². The average molecular weight is 346 g/mol. The molecule has 1 amide bonds. The van der Waals surface area contributed by atoms with Crippen LogP contribution in [0.15, 0.2) is 22.7 Å². The topological polar surface area (TPSA) is 46.3 Å². The minimum atomic E-state index is -0.109. The summed E-state index contributed by atoms with van der Waals surface area (Å²) < 4.78 is 0.930. The third kappa shape index (κ3) is 3.12. The van der Waals surface area contributed by atoms with Gasteiger partial charge in [0.05, 0.1) is 6.04 Å². The number of rotatable bonds is 3. The van der Waals surface area contributed by atoms with Gasteiger partial charge in [0.25, 0.3) is 0 Å². The van der Waals surface area contributed by atoms with Crippen molar-refractivity contribution in [3.63, 3.8) is 0 Å². The first kappa shape index (κ1) is 14.8. The van der Waals surface area contributed by atoms with Gasteiger partial charge in [0, 0.05) is 28.5 Å². The van der Waals surface area contributed by atoms with Crippen LogP contribution in [0.1, 0.15) is 37.8 Å². The number of carbonyl (C=O) groups is 1. The molecule has 2 atom stereocenters. The largest absolute Gasteiger partial charge is 0.334 e. The lowest BCUT2D eigenvalue weighted by molar-refractivity contribution is -0.137. The van der Waals surface area contributed by atoms with Crippen molar-refractivity contribution in [2.75, 3.05) is 6.54 Å². The van der Waals surface area contributed by atoms with Gasteiger partial charge in [0.15, 0.2) is 0 Å². The van der Waals surface area contributed by atoms with Crippen molar-refractivity contribution in [2.24, 2.45) is 5.73 Å². The second-order valence-electron chi connectivity index (χ2n) is 4.90. The fourth-order valence-electron chi connectivity index (χ4n) is 2.62. The van der Waals surface area contributed by atoms with Crippen molar-refractivity contribution in [3.8, 4) is 0 Å². The fraction of sp³-hybridized carbons (Fsp3) is 0.500. The van der Waals surface area contributed by atoms with Crippen LogP contribution in [0.25, 0.3) is 0 Å². The van der Waals surface area contributed by atoms with Gasteiger partial charge in [-0.1, -0.05) is 40.5 Å². The molecule has 5 heteroatoms. The molecule has 0 spiro atoms. The number of likely N-dealkylation sites (tertiary alicyclic amines) is 1. The molecule has 0 aliphatic carbocycles. The van der Waals surface area contributed by atoms with Crippen molar-refractivity contribution in [3.05, 3.63) is 33.3 Å². The van der Waals surface area contributed by atoms with Crippen LogP contribution in [0.2, 0.25) is 5.02 Å². The highest BCUT2D eigenvalue weighted by molar-refractivity contribution is 9.10. The number of benzene rings is 1. The first-order valence-corrected chi connectivity index (χ1v) is 7.71. The van der Waals surface area contributed by atoms with Gasteiger partial charge < -0.3 is 10.6 Å². The lowest BCUT2D eigenvalue weighted by Crippen LogP contribution is -2.49. The van der Waals surface area contributed by atoms with Crippen LogP contribution in [-0.2, 0) is 4.79 Å². The molecule has 2 rings (SSSR count). The molecule has 0 radical (unpaired) electrons. The van der Waals surface area contributed by atoms with E-state index in [4.69, 9.17) is 17.3 Å². The molecule has 1 heterocycles. The van der Waals surface area contributed by atoms with Gasteiger partial charge in [-0.2, -0.15) is 0 Å². The minimum absolute atomic E-state index is 0.0528. The number of nitrogens with two attached hydrogens (primary N) is 1. The number of piperidine rings is 1. The van der Waals surface area contributed by atoms with E-state index in [1.54, 1.807) is 0 Å². The zero-order chi connectivity index (χ0) is 14.0. The van der Waals surface area contributed by atoms with E-state index in [0.29, 0.717) is 11.4 Å². The summed E-state index contributed by atoms with van der Waals surface area (Å²) in [7, 11) is 0. The van der Waals surface area contributed by atoms with Crippen LogP contribution in [0, 0.1) is 0 Å². The summed E-state index contributed by atoms with van der Waals surface area (Å²) in [5.41, 5.74) is 7.18. The highest BCUT2D eigenvalue weighted by Gasteiger charge is 2.35. The van der Waals surface area contributed by atoms with E-state index in [1.165, 1.54) is 0 Å². The number of carbonyl (C=O) groups excluding carboxylic acids is 1. The molecule has 1 aromatic rings. The van der Waals surface area contributed by atoms with Crippen LogP contribution in [0.3, 0.4) is 0 Å². The van der Waals surface area contributed by atoms with Crippen LogP contribution in [0.5, 0.6) is 0 Å². The van der Waals surface area contributed by atoms with E-state index in [0.717, 1.165) is 29.4 Å². The summed E-state index contributed by atoms with van der Waals surface area (Å²) in [6.45, 7) is 2.79. The molecule has 104 valence electrons. The maximum Gasteiger partial charge on any atom is 0.223 e. The number of hydrogen-bond acceptors (Lipinski definition) is 2. The first-order chi connectivity index (χ1) is 9.04. The quantitative estimate of drug-likeness (QED) is 0.911. The molecule has 2 unspecified atom stereocenters. The van der Waals surface area contributed by atoms with E-state index in [2.05, 4.69) is 22.9 Å². The molecule has 3 nitrogen and oxygen atoms in total. The Balaban J connectivity index is 2.39. The van der Waals surface area contributed by atoms with Crippen LogP contribution in [-0.4, -0.2) is 23.4 Å². The second-order valence-corrected chi connectivity index (χ2v) is 6.22. The third-order valence-corrected chi connectivity index (χ3v) is 4.32. The summed E-state index contributed by atoms with van der Waals surface area (Å²) in [6.07, 6.45) is 2.17. The lowest BCUT2D eigenvalue weighted by atomic mass is 9.90. The number of halogens is 2. The van der Waals surface area contributed by atoms with Crippen LogP contribution >= 0.6 is 27.5 Å². The molecule has 0 aromatic heterocycles. The second kappa shape index (κ2) is 6.25. The SMILES string of the molecule is CCCN1C(=O)CCC(N)C1c1ccc(Br)cc1Cl. The van der Waals surface area contributed by atoms with E-state index in [9.17, 15) is 4.79 Å². The Kier molecular flexibility index (Phi) is 4.87. The highest BCUT2D eigenvalue weighted by atomic mass is 79.9. The van der Waals surface area contributed by atoms with Gasteiger partial charge in [-0.25, -0.2) is 0 Å². The smallest absolute Gasteiger partial charge is 0.223 e. The lowest BCUT2D eigenvalue weighted by Gasteiger charge is -2.40. The van der Waals surface area contributed by atoms with Crippen LogP contribution in [0.4, 0.5) is 0 Å². The van der Waals surface area contributed by atoms with E-state index >= 15 is 0 Å². The minimum Gasteiger partial charge on any atom is -0.334 e. The monoisotopic (exact) mass is 344 g/mol. The van der Waals surface area contributed by atoms with Crippen molar-refractivity contribution in [2.45, 2.75) is 38.3 Å². The predicted octanol–water partition coefficient (Wildman–Crippen LogP) is 3.50. The highest BCUT2D eigenvalue weighted by Crippen LogP contribution is 2.36. The van der Waals surface area contributed by atoms with E-state index in [1.807, 2.05) is 23.1 Å². The fourth-order valence-corrected chi connectivity index (χ4v) is 3.41. The molecule has 1 aliphatic heterocycles. The molecule has 1 aliphatic rings. The van der Waals surface area contributed by atoms with Crippen molar-refractivity contribution in [1.29, 1.82) is 0 Å². The summed E-state index contributed by atoms with van der Waals surface area (Å²) in [5, 5.41) is 0.658. The number of nitrogens with zero attached hydrogens (tertiary/aromatic N) is 1. The van der Waals surface area contributed by atoms with Gasteiger partial charge in [-0.05, 0) is 30.5 Å². The molecule has 1 fully saturated rings. The van der Waals surface area contributed by atoms with Gasteiger partial charge in [0.1, 0.15) is 0 Å². The zero-order valence-electron chi connectivity index (χ0n) is 10.9. The Morgan fingerprint density at radius 1 is 1.53 bits per heavy atom. The Hall–Kier alpha value is -0.580. The van der Waals surface area contributed by atoms with Gasteiger partial charge in [-0.15, -0.1) is 0 Å². The van der Waals surface area contributed by atoms with E-state index in [-0.39, 0.29) is 18.0 Å². The Morgan fingerprint density at radius 3 is 2.89 bits per heavy atom. The summed E-state index contributed by atoms with van der Waals surface area (Å²) in [6, 6.07) is 5.59. The Morgan fingerprint density at radius 2 is 2.26 bits per heavy atom. The molecular formula is C14H18BrClN2O. The maximum atomic E-state index is 12.1. The van der Waals surface area contributed by atoms with Crippen molar-refractivity contribution in [1.82, 2.24) is 4.90 Å². The zero-order valence-corrected chi connectivity index (χ0v) is 13.2. The predicted molar refractivity (Wildman–Crippen MR) is 81.1 cm³/mol. The summed E-state index contributed by atoms with van der Waals surface area (Å²) in [4.78, 5) is 14.0. The number of amides is 1. The van der Waals surface area contributed by atoms with E-state index < -0.39 is 0 Å². The van der Waals surface area contributed by atoms with Gasteiger partial charge >= 0.3 is 0 Å². The molecule has 1 aromatic carbocycles. The van der Waals surface area contributed by atoms with Crippen molar-refractivity contribution >= 4 is 33.4 Å². The number of hydrogen-bond donors (Lipinski definition) is 1. The normalized spacial score (nSPS) is 23.8. The maximum absolute atomic E-state index is 12.1. The molecular weight excluding hydrogens is 328 g/mol. The molecule has 1 saturated heterocycles. The average Bonchev–Trinajstić information content (AvgIpc) is 2.36. The Bertz CT molecular complexity index is 481. The third-order valence-electron chi connectivity index (χ3n) is 3.50. The standard InChI is InChI=1S/C14H18BrClN2O/c1-2-7-18-13(19)6-5-12(17)14(18)10-4-3-9(15)8-11(10)16/h3-4,8,12,14H,2,5-7,17H2,1H3. The van der Waals surface area contributed by atoms with Crippen molar-refractivity contribution < 1.29 is 4.79 Å². The summed E-state index contributed by atoms with van der Waals surface area (Å²) >= 11 is 9.71. The Labute approximate surface area is 127 Å². The van der Waals surface area contributed by atoms with Gasteiger partial charge in [0.2, 0.25) is 5.91 Å². The van der Waals surface area contributed by atoms with Gasteiger partial charge in [-0.3, -0.25) is 4.79 Å². The molecule has 19 heavy (non-hydrogen) atoms. The molecule has 0 bridgehead atoms. The first-order valence-electron chi connectivity index (χ1n) is 6.54. The summed E-state index contributed by atoms with van der Waals surface area (Å²) in [5.74, 6) is 0.174. The molecule has 2 N–H and O–H groups in total. The molecule has 0 saturated carbocycles.